The zero-order valence-electron chi connectivity index (χ0n) is 13.2. The third-order valence-corrected chi connectivity index (χ3v) is 4.31. The van der Waals surface area contributed by atoms with Gasteiger partial charge in [-0.1, -0.05) is 6.07 Å². The molecule has 1 fully saturated rings. The second-order valence-electron chi connectivity index (χ2n) is 5.96. The standard InChI is InChI=1S/C16H18N4O4/c1-11(21)12-5-7-18(10-12)16(22)15-6-8-19(17-15)13-3-2-4-14(9-13)20(23)24/h2-4,6,8-9,11-12,21H,5,7,10H2,1H3. The molecule has 0 saturated carbocycles. The van der Waals surface area contributed by atoms with Gasteiger partial charge in [0.05, 0.1) is 16.7 Å². The first kappa shape index (κ1) is 16.1. The van der Waals surface area contributed by atoms with Gasteiger partial charge in [0.15, 0.2) is 5.69 Å². The van der Waals surface area contributed by atoms with Crippen LogP contribution in [-0.4, -0.2) is 49.8 Å². The number of nitro groups is 1. The van der Waals surface area contributed by atoms with Crippen LogP contribution in [-0.2, 0) is 0 Å². The number of likely N-dealkylation sites (tertiary alicyclic amines) is 1. The maximum atomic E-state index is 12.5. The highest BCUT2D eigenvalue weighted by Gasteiger charge is 2.30. The van der Waals surface area contributed by atoms with Crippen LogP contribution in [0.4, 0.5) is 5.69 Å². The fraction of sp³-hybridized carbons (Fsp3) is 0.375. The lowest BCUT2D eigenvalue weighted by Crippen LogP contribution is -2.30. The number of carbonyl (C=O) groups excluding carboxylic acids is 1. The van der Waals surface area contributed by atoms with Gasteiger partial charge in [0, 0.05) is 37.3 Å². The summed E-state index contributed by atoms with van der Waals surface area (Å²) in [4.78, 5) is 24.6. The lowest BCUT2D eigenvalue weighted by atomic mass is 10.0. The van der Waals surface area contributed by atoms with Crippen LogP contribution >= 0.6 is 0 Å². The average Bonchev–Trinajstić information content (AvgIpc) is 3.24. The molecular formula is C16H18N4O4. The van der Waals surface area contributed by atoms with Gasteiger partial charge in [-0.05, 0) is 25.5 Å². The molecule has 1 aromatic heterocycles. The summed E-state index contributed by atoms with van der Waals surface area (Å²) in [5.41, 5.74) is 0.773. The Morgan fingerprint density at radius 3 is 2.92 bits per heavy atom. The van der Waals surface area contributed by atoms with Crippen molar-refractivity contribution in [2.45, 2.75) is 19.4 Å². The molecule has 8 heteroatoms. The van der Waals surface area contributed by atoms with Crippen LogP contribution in [0.2, 0.25) is 0 Å². The summed E-state index contributed by atoms with van der Waals surface area (Å²) in [6, 6.07) is 7.66. The Morgan fingerprint density at radius 1 is 1.46 bits per heavy atom. The number of nitro benzene ring substituents is 1. The Morgan fingerprint density at radius 2 is 2.25 bits per heavy atom. The third kappa shape index (κ3) is 3.13. The van der Waals surface area contributed by atoms with Gasteiger partial charge in [0.25, 0.3) is 11.6 Å². The molecule has 0 bridgehead atoms. The topological polar surface area (TPSA) is 102 Å². The molecule has 1 aromatic carbocycles. The number of aromatic nitrogens is 2. The van der Waals surface area contributed by atoms with Crippen molar-refractivity contribution in [3.05, 3.63) is 52.3 Å². The van der Waals surface area contributed by atoms with Crippen molar-refractivity contribution in [1.29, 1.82) is 0 Å². The summed E-state index contributed by atoms with van der Waals surface area (Å²) < 4.78 is 1.45. The number of carbonyl (C=O) groups is 1. The highest BCUT2D eigenvalue weighted by atomic mass is 16.6. The van der Waals surface area contributed by atoms with Crippen LogP contribution in [0.5, 0.6) is 0 Å². The minimum absolute atomic E-state index is 0.0322. The second-order valence-corrected chi connectivity index (χ2v) is 5.96. The van der Waals surface area contributed by atoms with Gasteiger partial charge in [0.2, 0.25) is 0 Å². The first-order valence-corrected chi connectivity index (χ1v) is 7.73. The number of benzene rings is 1. The minimum Gasteiger partial charge on any atom is -0.393 e. The number of aliphatic hydroxyl groups excluding tert-OH is 1. The van der Waals surface area contributed by atoms with Crippen LogP contribution in [0, 0.1) is 16.0 Å². The molecule has 3 rings (SSSR count). The zero-order chi connectivity index (χ0) is 17.3. The van der Waals surface area contributed by atoms with Crippen molar-refractivity contribution in [3.63, 3.8) is 0 Å². The van der Waals surface area contributed by atoms with Gasteiger partial charge >= 0.3 is 0 Å². The number of rotatable bonds is 4. The summed E-state index contributed by atoms with van der Waals surface area (Å²) in [6.45, 7) is 2.84. The molecule has 8 nitrogen and oxygen atoms in total. The van der Waals surface area contributed by atoms with Gasteiger partial charge in [-0.2, -0.15) is 5.10 Å². The predicted octanol–water partition coefficient (Wildman–Crippen LogP) is 1.62. The number of nitrogens with zero attached hydrogens (tertiary/aromatic N) is 4. The molecule has 1 aliphatic rings. The van der Waals surface area contributed by atoms with E-state index in [0.29, 0.717) is 18.8 Å². The zero-order valence-corrected chi connectivity index (χ0v) is 13.2. The van der Waals surface area contributed by atoms with Crippen molar-refractivity contribution in [2.24, 2.45) is 5.92 Å². The Bertz CT molecular complexity index is 771. The van der Waals surface area contributed by atoms with E-state index in [1.807, 2.05) is 0 Å². The van der Waals surface area contributed by atoms with Crippen LogP contribution in [0.15, 0.2) is 36.5 Å². The van der Waals surface area contributed by atoms with Crippen LogP contribution < -0.4 is 0 Å². The van der Waals surface area contributed by atoms with E-state index in [1.165, 1.54) is 16.8 Å². The van der Waals surface area contributed by atoms with E-state index in [4.69, 9.17) is 0 Å². The van der Waals surface area contributed by atoms with E-state index >= 15 is 0 Å². The fourth-order valence-electron chi connectivity index (χ4n) is 2.86. The van der Waals surface area contributed by atoms with Crippen molar-refractivity contribution in [3.8, 4) is 5.69 Å². The van der Waals surface area contributed by atoms with Crippen LogP contribution in [0.1, 0.15) is 23.8 Å². The SMILES string of the molecule is CC(O)C1CCN(C(=O)c2ccn(-c3cccc([N+](=O)[O-])c3)n2)C1. The third-order valence-electron chi connectivity index (χ3n) is 4.31. The molecule has 2 unspecified atom stereocenters. The summed E-state index contributed by atoms with van der Waals surface area (Å²) >= 11 is 0. The Kier molecular flexibility index (Phi) is 4.30. The van der Waals surface area contributed by atoms with E-state index in [-0.39, 0.29) is 23.2 Å². The molecule has 1 N–H and O–H groups in total. The van der Waals surface area contributed by atoms with Crippen molar-refractivity contribution < 1.29 is 14.8 Å². The van der Waals surface area contributed by atoms with Gasteiger partial charge in [-0.25, -0.2) is 4.68 Å². The fourth-order valence-corrected chi connectivity index (χ4v) is 2.86. The molecule has 24 heavy (non-hydrogen) atoms. The van der Waals surface area contributed by atoms with Gasteiger partial charge < -0.3 is 10.0 Å². The molecular weight excluding hydrogens is 312 g/mol. The molecule has 0 spiro atoms. The highest BCUT2D eigenvalue weighted by molar-refractivity contribution is 5.92. The van der Waals surface area contributed by atoms with E-state index in [9.17, 15) is 20.0 Å². The summed E-state index contributed by atoms with van der Waals surface area (Å²) in [5.74, 6) is -0.102. The molecule has 2 heterocycles. The van der Waals surface area contributed by atoms with E-state index in [2.05, 4.69) is 5.10 Å². The van der Waals surface area contributed by atoms with E-state index in [0.717, 1.165) is 6.42 Å². The molecule has 2 aromatic rings. The van der Waals surface area contributed by atoms with Crippen molar-refractivity contribution in [1.82, 2.24) is 14.7 Å². The maximum Gasteiger partial charge on any atom is 0.274 e. The Balaban J connectivity index is 1.77. The summed E-state index contributed by atoms with van der Waals surface area (Å²) in [5, 5.41) is 24.7. The predicted molar refractivity (Wildman–Crippen MR) is 85.9 cm³/mol. The second kappa shape index (κ2) is 6.40. The first-order chi connectivity index (χ1) is 11.5. The van der Waals surface area contributed by atoms with Gasteiger partial charge in [0.1, 0.15) is 0 Å². The smallest absolute Gasteiger partial charge is 0.274 e. The molecule has 1 saturated heterocycles. The minimum atomic E-state index is -0.473. The maximum absolute atomic E-state index is 12.5. The Labute approximate surface area is 138 Å². The molecule has 0 radical (unpaired) electrons. The first-order valence-electron chi connectivity index (χ1n) is 7.73. The average molecular weight is 330 g/mol. The lowest BCUT2D eigenvalue weighted by molar-refractivity contribution is -0.384. The quantitative estimate of drug-likeness (QED) is 0.678. The van der Waals surface area contributed by atoms with E-state index in [1.54, 1.807) is 36.2 Å². The number of aliphatic hydroxyl groups is 1. The normalized spacial score (nSPS) is 18.6. The summed E-state index contributed by atoms with van der Waals surface area (Å²) in [6.07, 6.45) is 1.94. The number of hydrogen-bond donors (Lipinski definition) is 1. The van der Waals surface area contributed by atoms with Gasteiger partial charge in [-0.3, -0.25) is 14.9 Å². The molecule has 0 aliphatic carbocycles. The number of amides is 1. The van der Waals surface area contributed by atoms with Gasteiger partial charge in [-0.15, -0.1) is 0 Å². The summed E-state index contributed by atoms with van der Waals surface area (Å²) in [7, 11) is 0. The molecule has 1 aliphatic heterocycles. The number of non-ortho nitro benzene ring substituents is 1. The van der Waals surface area contributed by atoms with Crippen molar-refractivity contribution in [2.75, 3.05) is 13.1 Å². The molecule has 1 amide bonds. The van der Waals surface area contributed by atoms with Crippen LogP contribution in [0.3, 0.4) is 0 Å². The monoisotopic (exact) mass is 330 g/mol. The lowest BCUT2D eigenvalue weighted by Gasteiger charge is -2.16. The largest absolute Gasteiger partial charge is 0.393 e. The molecule has 126 valence electrons. The van der Waals surface area contributed by atoms with Crippen molar-refractivity contribution >= 4 is 11.6 Å². The molecule has 2 atom stereocenters. The number of hydrogen-bond acceptors (Lipinski definition) is 5. The highest BCUT2D eigenvalue weighted by Crippen LogP contribution is 2.22. The van der Waals surface area contributed by atoms with E-state index < -0.39 is 11.0 Å². The Hall–Kier alpha value is -2.74. The van der Waals surface area contributed by atoms with Crippen LogP contribution in [0.25, 0.3) is 5.69 Å².